The van der Waals surface area contributed by atoms with E-state index in [1.807, 2.05) is 40.7 Å². The van der Waals surface area contributed by atoms with E-state index < -0.39 is 12.1 Å². The molecule has 0 aliphatic carbocycles. The SMILES string of the molecule is Cc1ccc(C(=O)OC(C)C(=O)N(C(C)C)C(C)C)n1C. The van der Waals surface area contributed by atoms with Crippen LogP contribution in [-0.4, -0.2) is 39.5 Å². The van der Waals surface area contributed by atoms with Crippen molar-refractivity contribution in [1.29, 1.82) is 0 Å². The Labute approximate surface area is 126 Å². The molecule has 0 aliphatic heterocycles. The zero-order valence-electron chi connectivity index (χ0n) is 14.0. The van der Waals surface area contributed by atoms with Crippen molar-refractivity contribution in [3.63, 3.8) is 0 Å². The molecule has 1 atom stereocenters. The van der Waals surface area contributed by atoms with Gasteiger partial charge in [0.1, 0.15) is 5.69 Å². The van der Waals surface area contributed by atoms with Gasteiger partial charge < -0.3 is 14.2 Å². The average molecular weight is 294 g/mol. The summed E-state index contributed by atoms with van der Waals surface area (Å²) in [5, 5.41) is 0. The molecule has 0 fully saturated rings. The smallest absolute Gasteiger partial charge is 0.355 e. The Morgan fingerprint density at radius 3 is 2.00 bits per heavy atom. The molecule has 0 saturated carbocycles. The van der Waals surface area contributed by atoms with Gasteiger partial charge in [0.2, 0.25) is 0 Å². The van der Waals surface area contributed by atoms with Crippen LogP contribution in [0.3, 0.4) is 0 Å². The van der Waals surface area contributed by atoms with Crippen molar-refractivity contribution in [2.75, 3.05) is 0 Å². The summed E-state index contributed by atoms with van der Waals surface area (Å²) in [7, 11) is 1.80. The zero-order chi connectivity index (χ0) is 16.3. The van der Waals surface area contributed by atoms with Crippen LogP contribution >= 0.6 is 0 Å². The number of aromatic nitrogens is 1. The van der Waals surface area contributed by atoms with Crippen molar-refractivity contribution in [3.8, 4) is 0 Å². The Balaban J connectivity index is 2.80. The van der Waals surface area contributed by atoms with Gasteiger partial charge in [-0.25, -0.2) is 4.79 Å². The lowest BCUT2D eigenvalue weighted by molar-refractivity contribution is -0.143. The first-order valence-electron chi connectivity index (χ1n) is 7.32. The van der Waals surface area contributed by atoms with E-state index in [1.165, 1.54) is 0 Å². The molecule has 118 valence electrons. The van der Waals surface area contributed by atoms with E-state index in [0.29, 0.717) is 5.69 Å². The molecular formula is C16H26N2O3. The van der Waals surface area contributed by atoms with Gasteiger partial charge in [0.15, 0.2) is 6.10 Å². The number of carbonyl (C=O) groups excluding carboxylic acids is 2. The summed E-state index contributed by atoms with van der Waals surface area (Å²) < 4.78 is 7.07. The number of aryl methyl sites for hydroxylation is 1. The van der Waals surface area contributed by atoms with Crippen LogP contribution in [0.15, 0.2) is 12.1 Å². The molecule has 1 heterocycles. The largest absolute Gasteiger partial charge is 0.448 e. The van der Waals surface area contributed by atoms with Crippen LogP contribution in [0, 0.1) is 6.92 Å². The lowest BCUT2D eigenvalue weighted by Gasteiger charge is -2.32. The van der Waals surface area contributed by atoms with Crippen molar-refractivity contribution >= 4 is 11.9 Å². The highest BCUT2D eigenvalue weighted by Gasteiger charge is 2.28. The summed E-state index contributed by atoms with van der Waals surface area (Å²) in [6, 6.07) is 3.68. The van der Waals surface area contributed by atoms with Crippen LogP contribution in [-0.2, 0) is 16.6 Å². The first kappa shape index (κ1) is 17.3. The monoisotopic (exact) mass is 294 g/mol. The standard InChI is InChI=1S/C16H26N2O3/c1-10(2)18(11(3)4)15(19)13(6)21-16(20)14-9-8-12(5)17(14)7/h8-11,13H,1-7H3. The predicted octanol–water partition coefficient (Wildman–Crippen LogP) is 2.52. The molecule has 1 aromatic rings. The minimum Gasteiger partial charge on any atom is -0.448 e. The topological polar surface area (TPSA) is 51.5 Å². The minimum absolute atomic E-state index is 0.0657. The van der Waals surface area contributed by atoms with Crippen LogP contribution < -0.4 is 0 Å². The molecule has 0 bridgehead atoms. The highest BCUT2D eigenvalue weighted by molar-refractivity contribution is 5.91. The Kier molecular flexibility index (Phi) is 5.58. The van der Waals surface area contributed by atoms with Gasteiger partial charge in [0.05, 0.1) is 0 Å². The average Bonchev–Trinajstić information content (AvgIpc) is 2.68. The number of carbonyl (C=O) groups is 2. The Hall–Kier alpha value is -1.78. The van der Waals surface area contributed by atoms with Gasteiger partial charge in [-0.3, -0.25) is 4.79 Å². The van der Waals surface area contributed by atoms with E-state index in [1.54, 1.807) is 29.5 Å². The van der Waals surface area contributed by atoms with E-state index in [-0.39, 0.29) is 18.0 Å². The van der Waals surface area contributed by atoms with E-state index in [0.717, 1.165) is 5.69 Å². The Bertz CT molecular complexity index is 510. The zero-order valence-corrected chi connectivity index (χ0v) is 14.0. The minimum atomic E-state index is -0.794. The molecule has 5 heteroatoms. The fourth-order valence-corrected chi connectivity index (χ4v) is 2.40. The van der Waals surface area contributed by atoms with Gasteiger partial charge in [-0.15, -0.1) is 0 Å². The third-order valence-electron chi connectivity index (χ3n) is 3.58. The lowest BCUT2D eigenvalue weighted by atomic mass is 10.2. The molecule has 21 heavy (non-hydrogen) atoms. The number of ether oxygens (including phenoxy) is 1. The molecule has 0 saturated heterocycles. The van der Waals surface area contributed by atoms with Crippen molar-refractivity contribution in [3.05, 3.63) is 23.5 Å². The van der Waals surface area contributed by atoms with Gasteiger partial charge in [0, 0.05) is 24.8 Å². The molecule has 1 unspecified atom stereocenters. The van der Waals surface area contributed by atoms with E-state index in [4.69, 9.17) is 4.74 Å². The summed E-state index contributed by atoms with van der Waals surface area (Å²) >= 11 is 0. The fraction of sp³-hybridized carbons (Fsp3) is 0.625. The number of amides is 1. The van der Waals surface area contributed by atoms with Crippen molar-refractivity contribution < 1.29 is 14.3 Å². The van der Waals surface area contributed by atoms with Gasteiger partial charge in [-0.1, -0.05) is 0 Å². The molecule has 0 radical (unpaired) electrons. The lowest BCUT2D eigenvalue weighted by Crippen LogP contribution is -2.47. The van der Waals surface area contributed by atoms with E-state index in [2.05, 4.69) is 0 Å². The second-order valence-electron chi connectivity index (χ2n) is 5.90. The van der Waals surface area contributed by atoms with E-state index >= 15 is 0 Å². The quantitative estimate of drug-likeness (QED) is 0.784. The molecular weight excluding hydrogens is 268 g/mol. The third-order valence-corrected chi connectivity index (χ3v) is 3.58. The van der Waals surface area contributed by atoms with E-state index in [9.17, 15) is 9.59 Å². The molecule has 0 aromatic carbocycles. The van der Waals surface area contributed by atoms with Gasteiger partial charge in [0.25, 0.3) is 5.91 Å². The predicted molar refractivity (Wildman–Crippen MR) is 82.1 cm³/mol. The normalized spacial score (nSPS) is 12.6. The van der Waals surface area contributed by atoms with Gasteiger partial charge >= 0.3 is 5.97 Å². The summed E-state index contributed by atoms with van der Waals surface area (Å²) in [6.07, 6.45) is -0.794. The fourth-order valence-electron chi connectivity index (χ4n) is 2.40. The van der Waals surface area contributed by atoms with Gasteiger partial charge in [-0.05, 0) is 53.7 Å². The molecule has 0 N–H and O–H groups in total. The number of rotatable bonds is 5. The number of hydrogen-bond acceptors (Lipinski definition) is 3. The molecule has 0 spiro atoms. The third kappa shape index (κ3) is 3.86. The highest BCUT2D eigenvalue weighted by atomic mass is 16.5. The first-order valence-corrected chi connectivity index (χ1v) is 7.32. The molecule has 1 amide bonds. The molecule has 0 aliphatic rings. The van der Waals surface area contributed by atoms with Crippen LogP contribution in [0.4, 0.5) is 0 Å². The molecule has 1 rings (SSSR count). The maximum absolute atomic E-state index is 12.4. The summed E-state index contributed by atoms with van der Waals surface area (Å²) in [6.45, 7) is 11.3. The van der Waals surface area contributed by atoms with Crippen molar-refractivity contribution in [2.24, 2.45) is 7.05 Å². The number of nitrogens with zero attached hydrogens (tertiary/aromatic N) is 2. The van der Waals surface area contributed by atoms with Crippen LogP contribution in [0.2, 0.25) is 0 Å². The highest BCUT2D eigenvalue weighted by Crippen LogP contribution is 2.13. The van der Waals surface area contributed by atoms with Crippen LogP contribution in [0.5, 0.6) is 0 Å². The summed E-state index contributed by atoms with van der Waals surface area (Å²) in [4.78, 5) is 26.3. The Morgan fingerprint density at radius 2 is 1.62 bits per heavy atom. The molecule has 1 aromatic heterocycles. The van der Waals surface area contributed by atoms with Crippen molar-refractivity contribution in [2.45, 2.75) is 59.7 Å². The first-order chi connectivity index (χ1) is 9.66. The maximum Gasteiger partial charge on any atom is 0.355 e. The number of esters is 1. The summed E-state index contributed by atoms with van der Waals surface area (Å²) in [5.74, 6) is -0.641. The Morgan fingerprint density at radius 1 is 1.10 bits per heavy atom. The van der Waals surface area contributed by atoms with Crippen LogP contribution in [0.1, 0.15) is 50.8 Å². The maximum atomic E-state index is 12.4. The molecule has 5 nitrogen and oxygen atoms in total. The summed E-state index contributed by atoms with van der Waals surface area (Å²) in [5.41, 5.74) is 1.42. The van der Waals surface area contributed by atoms with Crippen LogP contribution in [0.25, 0.3) is 0 Å². The number of hydrogen-bond donors (Lipinski definition) is 0. The van der Waals surface area contributed by atoms with Crippen molar-refractivity contribution in [1.82, 2.24) is 9.47 Å². The van der Waals surface area contributed by atoms with Gasteiger partial charge in [-0.2, -0.15) is 0 Å². The second kappa shape index (κ2) is 6.78. The second-order valence-corrected chi connectivity index (χ2v) is 5.90.